The van der Waals surface area contributed by atoms with Gasteiger partial charge in [0.1, 0.15) is 17.5 Å². The van der Waals surface area contributed by atoms with E-state index in [0.29, 0.717) is 23.2 Å². The van der Waals surface area contributed by atoms with Crippen molar-refractivity contribution < 1.29 is 4.74 Å². The molecule has 1 aromatic carbocycles. The number of nitriles is 1. The number of nitrogens with two attached hydrogens (primary N) is 1. The van der Waals surface area contributed by atoms with Gasteiger partial charge < -0.3 is 10.5 Å². The Morgan fingerprint density at radius 2 is 1.96 bits per heavy atom. The van der Waals surface area contributed by atoms with Crippen LogP contribution in [0.25, 0.3) is 0 Å². The maximum atomic E-state index is 9.36. The summed E-state index contributed by atoms with van der Waals surface area (Å²) in [5.74, 6) is 1.77. The van der Waals surface area contributed by atoms with Gasteiger partial charge in [-0.1, -0.05) is 32.9 Å². The van der Waals surface area contributed by atoms with Gasteiger partial charge in [-0.05, 0) is 43.4 Å². The Labute approximate surface area is 138 Å². The largest absolute Gasteiger partial charge is 0.438 e. The fourth-order valence-electron chi connectivity index (χ4n) is 2.53. The van der Waals surface area contributed by atoms with E-state index in [-0.39, 0.29) is 6.04 Å². The number of nitrogens with zero attached hydrogens (tertiary/aromatic N) is 2. The average Bonchev–Trinajstić information content (AvgIpc) is 2.84. The number of aryl methyl sites for hydroxylation is 1. The Bertz CT molecular complexity index is 738. The summed E-state index contributed by atoms with van der Waals surface area (Å²) in [4.78, 5) is 0. The molecule has 0 saturated heterocycles. The van der Waals surface area contributed by atoms with Crippen LogP contribution in [0.5, 0.6) is 11.6 Å². The third kappa shape index (κ3) is 3.34. The van der Waals surface area contributed by atoms with Crippen LogP contribution in [0, 0.1) is 18.3 Å². The molecule has 4 nitrogen and oxygen atoms in total. The lowest BCUT2D eigenvalue weighted by Crippen LogP contribution is -2.08. The van der Waals surface area contributed by atoms with E-state index in [1.54, 1.807) is 6.07 Å². The maximum absolute atomic E-state index is 9.36. The van der Waals surface area contributed by atoms with Crippen molar-refractivity contribution in [3.05, 3.63) is 41.1 Å². The third-order valence-electron chi connectivity index (χ3n) is 4.25. The standard InChI is InChI=1S/C19H25N3O/c1-6-14(5)22-16(11-20)10-17(21)19(22)23-18-9-15(12(2)3)8-7-13(18)4/h7-10,12,14H,6,21H2,1-5H3. The molecule has 2 aromatic rings. The maximum Gasteiger partial charge on any atom is 0.224 e. The van der Waals surface area contributed by atoms with Gasteiger partial charge in [-0.3, -0.25) is 4.57 Å². The van der Waals surface area contributed by atoms with Crippen molar-refractivity contribution in [2.24, 2.45) is 0 Å². The molecule has 0 saturated carbocycles. The number of ether oxygens (including phenoxy) is 1. The van der Waals surface area contributed by atoms with Crippen LogP contribution >= 0.6 is 0 Å². The van der Waals surface area contributed by atoms with E-state index in [4.69, 9.17) is 10.5 Å². The number of hydrogen-bond donors (Lipinski definition) is 1. The molecule has 23 heavy (non-hydrogen) atoms. The van der Waals surface area contributed by atoms with Crippen LogP contribution in [-0.2, 0) is 0 Å². The number of benzene rings is 1. The van der Waals surface area contributed by atoms with Crippen molar-refractivity contribution >= 4 is 5.69 Å². The van der Waals surface area contributed by atoms with Crippen LogP contribution in [0.2, 0.25) is 0 Å². The summed E-state index contributed by atoms with van der Waals surface area (Å²) >= 11 is 0. The third-order valence-corrected chi connectivity index (χ3v) is 4.25. The van der Waals surface area contributed by atoms with Crippen LogP contribution in [0.3, 0.4) is 0 Å². The zero-order chi connectivity index (χ0) is 17.1. The number of nitrogen functional groups attached to an aromatic ring is 1. The first-order chi connectivity index (χ1) is 10.9. The van der Waals surface area contributed by atoms with E-state index >= 15 is 0 Å². The predicted molar refractivity (Wildman–Crippen MR) is 93.9 cm³/mol. The molecule has 0 aliphatic rings. The number of rotatable bonds is 5. The lowest BCUT2D eigenvalue weighted by molar-refractivity contribution is 0.395. The molecular weight excluding hydrogens is 286 g/mol. The van der Waals surface area contributed by atoms with Crippen molar-refractivity contribution in [3.63, 3.8) is 0 Å². The minimum Gasteiger partial charge on any atom is -0.438 e. The number of aromatic nitrogens is 1. The summed E-state index contributed by atoms with van der Waals surface area (Å²) in [6.07, 6.45) is 0.893. The molecule has 0 aliphatic carbocycles. The first kappa shape index (κ1) is 17.0. The Kier molecular flexibility index (Phi) is 5.00. The van der Waals surface area contributed by atoms with Gasteiger partial charge in [-0.15, -0.1) is 0 Å². The number of hydrogen-bond acceptors (Lipinski definition) is 3. The summed E-state index contributed by atoms with van der Waals surface area (Å²) in [5.41, 5.74) is 9.40. The molecule has 0 amide bonds. The van der Waals surface area contributed by atoms with Gasteiger partial charge in [0.05, 0.1) is 5.69 Å². The Hall–Kier alpha value is -2.41. The highest BCUT2D eigenvalue weighted by molar-refractivity contribution is 5.57. The smallest absolute Gasteiger partial charge is 0.224 e. The molecular formula is C19H25N3O. The zero-order valence-corrected chi connectivity index (χ0v) is 14.6. The second kappa shape index (κ2) is 6.78. The lowest BCUT2D eigenvalue weighted by atomic mass is 10.0. The molecule has 1 atom stereocenters. The minimum atomic E-state index is 0.144. The van der Waals surface area contributed by atoms with Gasteiger partial charge in [0.15, 0.2) is 0 Å². The van der Waals surface area contributed by atoms with Crippen LogP contribution in [0.15, 0.2) is 24.3 Å². The van der Waals surface area contributed by atoms with Crippen molar-refractivity contribution in [3.8, 4) is 17.7 Å². The van der Waals surface area contributed by atoms with Crippen LogP contribution in [-0.4, -0.2) is 4.57 Å². The fourth-order valence-corrected chi connectivity index (χ4v) is 2.53. The van der Waals surface area contributed by atoms with Crippen LogP contribution in [0.1, 0.15) is 62.9 Å². The molecule has 1 aromatic heterocycles. The highest BCUT2D eigenvalue weighted by Gasteiger charge is 2.19. The molecule has 122 valence electrons. The average molecular weight is 311 g/mol. The predicted octanol–water partition coefficient (Wildman–Crippen LogP) is 5.14. The van der Waals surface area contributed by atoms with Gasteiger partial charge in [0.2, 0.25) is 5.88 Å². The van der Waals surface area contributed by atoms with Crippen molar-refractivity contribution in [1.29, 1.82) is 5.26 Å². The first-order valence-corrected chi connectivity index (χ1v) is 8.08. The molecule has 1 heterocycles. The van der Waals surface area contributed by atoms with E-state index in [0.717, 1.165) is 17.7 Å². The minimum absolute atomic E-state index is 0.144. The molecule has 2 rings (SSSR count). The molecule has 0 fully saturated rings. The zero-order valence-electron chi connectivity index (χ0n) is 14.6. The molecule has 2 N–H and O–H groups in total. The molecule has 0 aliphatic heterocycles. The van der Waals surface area contributed by atoms with E-state index in [9.17, 15) is 5.26 Å². The fraction of sp³-hybridized carbons (Fsp3) is 0.421. The Morgan fingerprint density at radius 3 is 2.52 bits per heavy atom. The van der Waals surface area contributed by atoms with Crippen LogP contribution < -0.4 is 10.5 Å². The molecule has 0 spiro atoms. The van der Waals surface area contributed by atoms with Gasteiger partial charge in [0, 0.05) is 12.1 Å². The summed E-state index contributed by atoms with van der Waals surface area (Å²) in [5, 5.41) is 9.36. The topological polar surface area (TPSA) is 64.0 Å². The van der Waals surface area contributed by atoms with Crippen LogP contribution in [0.4, 0.5) is 5.69 Å². The molecule has 4 heteroatoms. The first-order valence-electron chi connectivity index (χ1n) is 8.08. The van der Waals surface area contributed by atoms with Crippen molar-refractivity contribution in [1.82, 2.24) is 4.57 Å². The molecule has 0 bridgehead atoms. The normalized spacial score (nSPS) is 12.2. The Morgan fingerprint density at radius 1 is 1.26 bits per heavy atom. The highest BCUT2D eigenvalue weighted by atomic mass is 16.5. The van der Waals surface area contributed by atoms with E-state index in [1.807, 2.05) is 11.5 Å². The lowest BCUT2D eigenvalue weighted by Gasteiger charge is -2.19. The van der Waals surface area contributed by atoms with Crippen molar-refractivity contribution in [2.45, 2.75) is 53.0 Å². The van der Waals surface area contributed by atoms with Gasteiger partial charge >= 0.3 is 0 Å². The van der Waals surface area contributed by atoms with E-state index < -0.39 is 0 Å². The monoisotopic (exact) mass is 311 g/mol. The van der Waals surface area contributed by atoms with E-state index in [2.05, 4.69) is 52.0 Å². The SMILES string of the molecule is CCC(C)n1c(C#N)cc(N)c1Oc1cc(C(C)C)ccc1C. The highest BCUT2D eigenvalue weighted by Crippen LogP contribution is 2.36. The second-order valence-corrected chi connectivity index (χ2v) is 6.31. The summed E-state index contributed by atoms with van der Waals surface area (Å²) < 4.78 is 8.04. The van der Waals surface area contributed by atoms with Crippen molar-refractivity contribution in [2.75, 3.05) is 5.73 Å². The Balaban J connectivity index is 2.51. The number of anilines is 1. The molecule has 0 radical (unpaired) electrons. The van der Waals surface area contributed by atoms with Gasteiger partial charge in [-0.2, -0.15) is 5.26 Å². The summed E-state index contributed by atoms with van der Waals surface area (Å²) in [6, 6.07) is 10.3. The summed E-state index contributed by atoms with van der Waals surface area (Å²) in [6.45, 7) is 10.5. The van der Waals surface area contributed by atoms with E-state index in [1.165, 1.54) is 5.56 Å². The molecule has 1 unspecified atom stereocenters. The second-order valence-electron chi connectivity index (χ2n) is 6.31. The summed E-state index contributed by atoms with van der Waals surface area (Å²) in [7, 11) is 0. The van der Waals surface area contributed by atoms with Gasteiger partial charge in [0.25, 0.3) is 0 Å². The quantitative estimate of drug-likeness (QED) is 0.831. The van der Waals surface area contributed by atoms with Gasteiger partial charge in [-0.25, -0.2) is 0 Å².